The van der Waals surface area contributed by atoms with Crippen molar-refractivity contribution in [3.63, 3.8) is 0 Å². The highest BCUT2D eigenvalue weighted by molar-refractivity contribution is 6.18. The molecule has 1 aliphatic carbocycles. The number of aromatic nitrogens is 1. The van der Waals surface area contributed by atoms with Crippen LogP contribution in [-0.4, -0.2) is 16.4 Å². The molecule has 0 amide bonds. The van der Waals surface area contributed by atoms with Gasteiger partial charge in [0.25, 0.3) is 0 Å². The maximum absolute atomic E-state index is 6.05. The average molecular weight is 225 g/mol. The topological polar surface area (TPSA) is 24.9 Å². The van der Waals surface area contributed by atoms with Crippen LogP contribution < -0.4 is 5.32 Å². The summed E-state index contributed by atoms with van der Waals surface area (Å²) >= 11 is 6.05. The maximum atomic E-state index is 6.05. The minimum Gasteiger partial charge on any atom is -0.306 e. The lowest BCUT2D eigenvalue weighted by Gasteiger charge is -2.28. The number of hydrogen-bond donors (Lipinski definition) is 1. The fourth-order valence-corrected chi connectivity index (χ4v) is 2.56. The number of hydrogen-bond acceptors (Lipinski definition) is 2. The highest BCUT2D eigenvalue weighted by Crippen LogP contribution is 2.30. The fourth-order valence-electron chi connectivity index (χ4n) is 2.20. The van der Waals surface area contributed by atoms with Gasteiger partial charge in [0, 0.05) is 30.4 Å². The summed E-state index contributed by atoms with van der Waals surface area (Å²) in [6.07, 6.45) is 8.72. The van der Waals surface area contributed by atoms with Crippen molar-refractivity contribution >= 4 is 11.6 Å². The lowest BCUT2D eigenvalue weighted by molar-refractivity contribution is 0.367. The Balaban J connectivity index is 1.92. The predicted molar refractivity (Wildman–Crippen MR) is 63.0 cm³/mol. The summed E-state index contributed by atoms with van der Waals surface area (Å²) in [5.74, 6) is 0.716. The largest absolute Gasteiger partial charge is 0.306 e. The van der Waals surface area contributed by atoms with Crippen molar-refractivity contribution in [1.29, 1.82) is 0 Å². The van der Waals surface area contributed by atoms with Crippen molar-refractivity contribution in [3.05, 3.63) is 30.1 Å². The molecule has 2 nitrogen and oxygen atoms in total. The minimum atomic E-state index is 0.178. The van der Waals surface area contributed by atoms with Crippen molar-refractivity contribution in [2.24, 2.45) is 0 Å². The smallest absolute Gasteiger partial charge is 0.0406 e. The van der Waals surface area contributed by atoms with E-state index >= 15 is 0 Å². The maximum Gasteiger partial charge on any atom is 0.0406 e. The monoisotopic (exact) mass is 224 g/mol. The first-order valence-electron chi connectivity index (χ1n) is 5.55. The van der Waals surface area contributed by atoms with Crippen LogP contribution in [0.25, 0.3) is 0 Å². The first-order chi connectivity index (χ1) is 7.35. The molecule has 1 fully saturated rings. The van der Waals surface area contributed by atoms with Crippen LogP contribution in [0.1, 0.15) is 31.2 Å². The molecule has 0 bridgehead atoms. The van der Waals surface area contributed by atoms with Gasteiger partial charge < -0.3 is 5.32 Å². The van der Waals surface area contributed by atoms with Crippen molar-refractivity contribution in [1.82, 2.24) is 10.3 Å². The Kier molecular flexibility index (Phi) is 3.60. The van der Waals surface area contributed by atoms with Crippen molar-refractivity contribution in [2.45, 2.75) is 37.8 Å². The van der Waals surface area contributed by atoms with E-state index in [0.29, 0.717) is 5.88 Å². The number of alkyl halides is 1. The molecular weight excluding hydrogens is 208 g/mol. The van der Waals surface area contributed by atoms with E-state index < -0.39 is 0 Å². The Hall–Kier alpha value is -0.600. The summed E-state index contributed by atoms with van der Waals surface area (Å²) in [6, 6.07) is 4.07. The molecule has 1 heterocycles. The van der Waals surface area contributed by atoms with Crippen LogP contribution in [-0.2, 0) is 6.54 Å². The molecular formula is C12H17ClN2. The molecule has 1 aromatic heterocycles. The zero-order valence-electron chi connectivity index (χ0n) is 8.88. The van der Waals surface area contributed by atoms with Crippen molar-refractivity contribution in [2.75, 3.05) is 5.88 Å². The number of halogens is 1. The number of nitrogens with one attached hydrogen (secondary N) is 1. The van der Waals surface area contributed by atoms with E-state index in [4.69, 9.17) is 11.6 Å². The first-order valence-corrected chi connectivity index (χ1v) is 6.08. The molecule has 0 atom stereocenters. The van der Waals surface area contributed by atoms with E-state index in [1.165, 1.54) is 31.2 Å². The highest BCUT2D eigenvalue weighted by Gasteiger charge is 2.31. The Morgan fingerprint density at radius 2 is 2.20 bits per heavy atom. The molecule has 15 heavy (non-hydrogen) atoms. The van der Waals surface area contributed by atoms with Gasteiger partial charge in [-0.25, -0.2) is 0 Å². The van der Waals surface area contributed by atoms with Gasteiger partial charge in [-0.3, -0.25) is 4.98 Å². The summed E-state index contributed by atoms with van der Waals surface area (Å²) in [4.78, 5) is 4.11. The summed E-state index contributed by atoms with van der Waals surface area (Å²) in [5.41, 5.74) is 1.41. The van der Waals surface area contributed by atoms with Crippen LogP contribution in [0.2, 0.25) is 0 Å². The van der Waals surface area contributed by atoms with Crippen LogP contribution in [0.3, 0.4) is 0 Å². The zero-order chi connectivity index (χ0) is 10.6. The third kappa shape index (κ3) is 2.70. The lowest BCUT2D eigenvalue weighted by Crippen LogP contribution is -2.43. The van der Waals surface area contributed by atoms with Crippen LogP contribution in [0.4, 0.5) is 0 Å². The second kappa shape index (κ2) is 4.95. The quantitative estimate of drug-likeness (QED) is 0.796. The molecule has 0 spiro atoms. The molecule has 1 aliphatic rings. The average Bonchev–Trinajstić information content (AvgIpc) is 2.77. The van der Waals surface area contributed by atoms with E-state index in [2.05, 4.69) is 16.4 Å². The van der Waals surface area contributed by atoms with Crippen LogP contribution in [0.15, 0.2) is 24.5 Å². The summed E-state index contributed by atoms with van der Waals surface area (Å²) in [6.45, 7) is 0.876. The van der Waals surface area contributed by atoms with Gasteiger partial charge in [0.05, 0.1) is 0 Å². The van der Waals surface area contributed by atoms with Gasteiger partial charge in [-0.2, -0.15) is 0 Å². The SMILES string of the molecule is ClCC1(NCc2cccnc2)CCCC1. The second-order valence-corrected chi connectivity index (χ2v) is 4.60. The highest BCUT2D eigenvalue weighted by atomic mass is 35.5. The molecule has 3 heteroatoms. The number of rotatable bonds is 4. The van der Waals surface area contributed by atoms with E-state index in [9.17, 15) is 0 Å². The molecule has 0 saturated heterocycles. The summed E-state index contributed by atoms with van der Waals surface area (Å²) < 4.78 is 0. The predicted octanol–water partition coefficient (Wildman–Crippen LogP) is 2.72. The molecule has 0 aromatic carbocycles. The fraction of sp³-hybridized carbons (Fsp3) is 0.583. The normalized spacial score (nSPS) is 19.3. The van der Waals surface area contributed by atoms with E-state index in [1.54, 1.807) is 6.20 Å². The first kappa shape index (κ1) is 10.9. The third-order valence-electron chi connectivity index (χ3n) is 3.21. The molecule has 0 aliphatic heterocycles. The zero-order valence-corrected chi connectivity index (χ0v) is 9.63. The molecule has 0 radical (unpaired) electrons. The molecule has 2 rings (SSSR count). The Labute approximate surface area is 96.1 Å². The number of nitrogens with zero attached hydrogens (tertiary/aromatic N) is 1. The second-order valence-electron chi connectivity index (χ2n) is 4.34. The van der Waals surface area contributed by atoms with E-state index in [1.807, 2.05) is 12.3 Å². The Morgan fingerprint density at radius 1 is 1.40 bits per heavy atom. The molecule has 1 saturated carbocycles. The standard InChI is InChI=1S/C12H17ClN2/c13-10-12(5-1-2-6-12)15-9-11-4-3-7-14-8-11/h3-4,7-8,15H,1-2,5-6,9-10H2. The Bertz CT molecular complexity index is 294. The van der Waals surface area contributed by atoms with Crippen LogP contribution in [0, 0.1) is 0 Å². The van der Waals surface area contributed by atoms with Gasteiger partial charge in [0.2, 0.25) is 0 Å². The molecule has 1 aromatic rings. The van der Waals surface area contributed by atoms with Gasteiger partial charge in [-0.1, -0.05) is 18.9 Å². The van der Waals surface area contributed by atoms with Gasteiger partial charge in [-0.05, 0) is 24.5 Å². The third-order valence-corrected chi connectivity index (χ3v) is 3.72. The molecule has 1 N–H and O–H groups in total. The summed E-state index contributed by atoms with van der Waals surface area (Å²) in [7, 11) is 0. The van der Waals surface area contributed by atoms with Crippen LogP contribution >= 0.6 is 11.6 Å². The molecule has 0 unspecified atom stereocenters. The van der Waals surface area contributed by atoms with Gasteiger partial charge >= 0.3 is 0 Å². The minimum absolute atomic E-state index is 0.178. The van der Waals surface area contributed by atoms with E-state index in [0.717, 1.165) is 6.54 Å². The number of pyridine rings is 1. The molecule has 82 valence electrons. The Morgan fingerprint density at radius 3 is 2.80 bits per heavy atom. The van der Waals surface area contributed by atoms with Crippen molar-refractivity contribution in [3.8, 4) is 0 Å². The summed E-state index contributed by atoms with van der Waals surface area (Å²) in [5, 5.41) is 3.59. The van der Waals surface area contributed by atoms with Gasteiger partial charge in [-0.15, -0.1) is 11.6 Å². The van der Waals surface area contributed by atoms with Crippen molar-refractivity contribution < 1.29 is 0 Å². The van der Waals surface area contributed by atoms with Gasteiger partial charge in [0.15, 0.2) is 0 Å². The lowest BCUT2D eigenvalue weighted by atomic mass is 10.00. The van der Waals surface area contributed by atoms with Crippen LogP contribution in [0.5, 0.6) is 0 Å². The van der Waals surface area contributed by atoms with E-state index in [-0.39, 0.29) is 5.54 Å². The van der Waals surface area contributed by atoms with Gasteiger partial charge in [0.1, 0.15) is 0 Å².